The first-order chi connectivity index (χ1) is 12.4. The number of benzene rings is 2. The number of rotatable bonds is 8. The molecule has 0 radical (unpaired) electrons. The molecule has 0 aliphatic carbocycles. The fraction of sp³-hybridized carbons (Fsp3) is 0.278. The number of hydrogen-bond acceptors (Lipinski definition) is 5. The van der Waals surface area contributed by atoms with Crippen molar-refractivity contribution in [2.75, 3.05) is 26.1 Å². The molecule has 2 aromatic carbocycles. The Morgan fingerprint density at radius 3 is 2.31 bits per heavy atom. The Bertz CT molecular complexity index is 864. The van der Waals surface area contributed by atoms with Crippen molar-refractivity contribution < 1.29 is 22.7 Å². The molecule has 0 saturated carbocycles. The Morgan fingerprint density at radius 2 is 1.73 bits per heavy atom. The molecule has 0 bridgehead atoms. The molecule has 0 saturated heterocycles. The SMILES string of the molecule is CCc1ccc(NC(=O)CNS(=O)(=O)c2ccc(OC)cc2OC)cc1. The normalized spacial score (nSPS) is 11.0. The van der Waals surface area contributed by atoms with E-state index >= 15 is 0 Å². The van der Waals surface area contributed by atoms with Crippen LogP contribution < -0.4 is 19.5 Å². The van der Waals surface area contributed by atoms with E-state index in [4.69, 9.17) is 9.47 Å². The Labute approximate surface area is 153 Å². The maximum atomic E-state index is 12.4. The highest BCUT2D eigenvalue weighted by atomic mass is 32.2. The van der Waals surface area contributed by atoms with Crippen LogP contribution in [0.15, 0.2) is 47.4 Å². The molecule has 0 spiro atoms. The van der Waals surface area contributed by atoms with Crippen LogP contribution in [0.2, 0.25) is 0 Å². The molecule has 0 heterocycles. The summed E-state index contributed by atoms with van der Waals surface area (Å²) in [5, 5.41) is 2.65. The zero-order valence-corrected chi connectivity index (χ0v) is 15.7. The summed E-state index contributed by atoms with van der Waals surface area (Å²) in [6.07, 6.45) is 0.901. The Kier molecular flexibility index (Phi) is 6.59. The number of amides is 1. The monoisotopic (exact) mass is 378 g/mol. The molecule has 2 aromatic rings. The summed E-state index contributed by atoms with van der Waals surface area (Å²) in [4.78, 5) is 11.9. The van der Waals surface area contributed by atoms with E-state index < -0.39 is 22.5 Å². The van der Waals surface area contributed by atoms with Crippen molar-refractivity contribution >= 4 is 21.6 Å². The highest BCUT2D eigenvalue weighted by molar-refractivity contribution is 7.89. The number of hydrogen-bond donors (Lipinski definition) is 2. The zero-order valence-electron chi connectivity index (χ0n) is 14.9. The van der Waals surface area contributed by atoms with Gasteiger partial charge in [0.25, 0.3) is 0 Å². The number of methoxy groups -OCH3 is 2. The van der Waals surface area contributed by atoms with E-state index in [-0.39, 0.29) is 10.6 Å². The predicted octanol–water partition coefficient (Wildman–Crippen LogP) is 2.18. The Morgan fingerprint density at radius 1 is 1.04 bits per heavy atom. The van der Waals surface area contributed by atoms with Gasteiger partial charge in [-0.3, -0.25) is 4.79 Å². The van der Waals surface area contributed by atoms with Crippen molar-refractivity contribution in [1.82, 2.24) is 4.72 Å². The van der Waals surface area contributed by atoms with Crippen molar-refractivity contribution in [3.05, 3.63) is 48.0 Å². The van der Waals surface area contributed by atoms with Crippen molar-refractivity contribution in [1.29, 1.82) is 0 Å². The minimum absolute atomic E-state index is 0.0686. The van der Waals surface area contributed by atoms with E-state index in [0.717, 1.165) is 12.0 Å². The lowest BCUT2D eigenvalue weighted by Crippen LogP contribution is -2.33. The lowest BCUT2D eigenvalue weighted by atomic mass is 10.1. The molecule has 0 aliphatic rings. The summed E-state index contributed by atoms with van der Waals surface area (Å²) >= 11 is 0. The fourth-order valence-electron chi connectivity index (χ4n) is 2.26. The largest absolute Gasteiger partial charge is 0.497 e. The van der Waals surface area contributed by atoms with Gasteiger partial charge in [-0.1, -0.05) is 19.1 Å². The summed E-state index contributed by atoms with van der Waals surface area (Å²) in [5.74, 6) is 0.131. The van der Waals surface area contributed by atoms with Crippen LogP contribution in [0.25, 0.3) is 0 Å². The van der Waals surface area contributed by atoms with Crippen LogP contribution >= 0.6 is 0 Å². The molecule has 0 aliphatic heterocycles. The second kappa shape index (κ2) is 8.68. The lowest BCUT2D eigenvalue weighted by Gasteiger charge is -2.12. The van der Waals surface area contributed by atoms with Crippen molar-refractivity contribution in [3.8, 4) is 11.5 Å². The Hall–Kier alpha value is -2.58. The number of carbonyl (C=O) groups is 1. The number of nitrogens with one attached hydrogen (secondary N) is 2. The third kappa shape index (κ3) is 4.96. The van der Waals surface area contributed by atoms with Crippen LogP contribution in [0.3, 0.4) is 0 Å². The highest BCUT2D eigenvalue weighted by Crippen LogP contribution is 2.28. The van der Waals surface area contributed by atoms with Gasteiger partial charge in [0.05, 0.1) is 20.8 Å². The van der Waals surface area contributed by atoms with Crippen LogP contribution in [0.1, 0.15) is 12.5 Å². The molecular weight excluding hydrogens is 356 g/mol. The lowest BCUT2D eigenvalue weighted by molar-refractivity contribution is -0.115. The second-order valence-corrected chi connectivity index (χ2v) is 7.18. The van der Waals surface area contributed by atoms with Crippen LogP contribution in [0.4, 0.5) is 5.69 Å². The van der Waals surface area contributed by atoms with Crippen molar-refractivity contribution in [2.24, 2.45) is 0 Å². The van der Waals surface area contributed by atoms with Crippen LogP contribution in [-0.2, 0) is 21.2 Å². The molecule has 8 heteroatoms. The molecule has 7 nitrogen and oxygen atoms in total. The summed E-state index contributed by atoms with van der Waals surface area (Å²) in [7, 11) is -1.09. The third-order valence-corrected chi connectivity index (χ3v) is 5.17. The molecule has 2 N–H and O–H groups in total. The minimum atomic E-state index is -3.92. The van der Waals surface area contributed by atoms with Gasteiger partial charge in [0, 0.05) is 11.8 Å². The van der Waals surface area contributed by atoms with Gasteiger partial charge in [-0.2, -0.15) is 0 Å². The summed E-state index contributed by atoms with van der Waals surface area (Å²) in [6.45, 7) is 1.64. The molecule has 0 aromatic heterocycles. The minimum Gasteiger partial charge on any atom is -0.497 e. The number of sulfonamides is 1. The average molecular weight is 378 g/mol. The quantitative estimate of drug-likeness (QED) is 0.734. The first kappa shape index (κ1) is 19.7. The molecule has 1 amide bonds. The Balaban J connectivity index is 2.04. The van der Waals surface area contributed by atoms with E-state index in [1.165, 1.54) is 32.4 Å². The number of anilines is 1. The van der Waals surface area contributed by atoms with Gasteiger partial charge in [-0.25, -0.2) is 13.1 Å². The van der Waals surface area contributed by atoms with Gasteiger partial charge in [0.15, 0.2) is 0 Å². The molecule has 0 atom stereocenters. The standard InChI is InChI=1S/C18H22N2O5S/c1-4-13-5-7-14(8-6-13)20-18(21)12-19-26(22,23)17-10-9-15(24-2)11-16(17)25-3/h5-11,19H,4,12H2,1-3H3,(H,20,21). The predicted molar refractivity (Wildman–Crippen MR) is 99.2 cm³/mol. The molecule has 0 fully saturated rings. The first-order valence-corrected chi connectivity index (χ1v) is 9.48. The summed E-state index contributed by atoms with van der Waals surface area (Å²) in [6, 6.07) is 11.7. The zero-order chi connectivity index (χ0) is 19.2. The highest BCUT2D eigenvalue weighted by Gasteiger charge is 2.21. The van der Waals surface area contributed by atoms with E-state index in [9.17, 15) is 13.2 Å². The topological polar surface area (TPSA) is 93.7 Å². The van der Waals surface area contributed by atoms with Crippen molar-refractivity contribution in [2.45, 2.75) is 18.2 Å². The van der Waals surface area contributed by atoms with Crippen LogP contribution in [-0.4, -0.2) is 35.1 Å². The average Bonchev–Trinajstić information content (AvgIpc) is 2.66. The van der Waals surface area contributed by atoms with Crippen LogP contribution in [0.5, 0.6) is 11.5 Å². The van der Waals surface area contributed by atoms with Crippen LogP contribution in [0, 0.1) is 0 Å². The molecule has 0 unspecified atom stereocenters. The molecular formula is C18H22N2O5S. The maximum Gasteiger partial charge on any atom is 0.244 e. The summed E-state index contributed by atoms with van der Waals surface area (Å²) in [5.41, 5.74) is 1.75. The van der Waals surface area contributed by atoms with E-state index in [1.807, 2.05) is 19.1 Å². The summed E-state index contributed by atoms with van der Waals surface area (Å²) < 4.78 is 37.3. The van der Waals surface area contributed by atoms with Gasteiger partial charge in [0.1, 0.15) is 16.4 Å². The molecule has 26 heavy (non-hydrogen) atoms. The van der Waals surface area contributed by atoms with Gasteiger partial charge >= 0.3 is 0 Å². The van der Waals surface area contributed by atoms with E-state index in [2.05, 4.69) is 10.0 Å². The van der Waals surface area contributed by atoms with E-state index in [1.54, 1.807) is 12.1 Å². The molecule has 2 rings (SSSR count). The van der Waals surface area contributed by atoms with Crippen molar-refractivity contribution in [3.63, 3.8) is 0 Å². The number of ether oxygens (including phenoxy) is 2. The number of aryl methyl sites for hydroxylation is 1. The second-order valence-electron chi connectivity index (χ2n) is 5.44. The first-order valence-electron chi connectivity index (χ1n) is 8.00. The fourth-order valence-corrected chi connectivity index (χ4v) is 3.40. The third-order valence-electron chi connectivity index (χ3n) is 3.73. The van der Waals surface area contributed by atoms with E-state index in [0.29, 0.717) is 11.4 Å². The van der Waals surface area contributed by atoms with Gasteiger partial charge in [0.2, 0.25) is 15.9 Å². The van der Waals surface area contributed by atoms with Gasteiger partial charge in [-0.15, -0.1) is 0 Å². The smallest absolute Gasteiger partial charge is 0.244 e. The van der Waals surface area contributed by atoms with Gasteiger partial charge in [-0.05, 0) is 36.2 Å². The maximum absolute atomic E-state index is 12.4. The van der Waals surface area contributed by atoms with Gasteiger partial charge < -0.3 is 14.8 Å². The molecule has 140 valence electrons. The number of carbonyl (C=O) groups excluding carboxylic acids is 1.